The van der Waals surface area contributed by atoms with Gasteiger partial charge in [0.15, 0.2) is 0 Å². The molecule has 1 aromatic heterocycles. The predicted molar refractivity (Wildman–Crippen MR) is 56.3 cm³/mol. The third kappa shape index (κ3) is 2.13. The minimum atomic E-state index is -4.42. The molecule has 0 radical (unpaired) electrons. The number of nitrogens with zero attached hydrogens (tertiary/aromatic N) is 1. The molecule has 1 N–H and O–H groups in total. The van der Waals surface area contributed by atoms with Crippen LogP contribution in [-0.2, 0) is 6.54 Å². The molecule has 0 spiro atoms. The summed E-state index contributed by atoms with van der Waals surface area (Å²) in [5, 5.41) is 0. The van der Waals surface area contributed by atoms with Crippen molar-refractivity contribution < 1.29 is 13.2 Å². The molecular formula is C9H6BrF3N2O. The number of aromatic nitrogens is 2. The van der Waals surface area contributed by atoms with Gasteiger partial charge in [0.25, 0.3) is 0 Å². The number of benzene rings is 1. The first-order valence-electron chi connectivity index (χ1n) is 4.32. The number of fused-ring (bicyclic) bond motifs is 1. The van der Waals surface area contributed by atoms with E-state index in [1.165, 1.54) is 6.07 Å². The van der Waals surface area contributed by atoms with Gasteiger partial charge in [-0.2, -0.15) is 13.2 Å². The molecule has 0 aliphatic carbocycles. The van der Waals surface area contributed by atoms with Crippen molar-refractivity contribution in [2.45, 2.75) is 12.7 Å². The van der Waals surface area contributed by atoms with Gasteiger partial charge in [-0.1, -0.05) is 15.9 Å². The lowest BCUT2D eigenvalue weighted by Gasteiger charge is -2.07. The van der Waals surface area contributed by atoms with E-state index >= 15 is 0 Å². The second kappa shape index (κ2) is 3.65. The second-order valence-corrected chi connectivity index (χ2v) is 4.21. The lowest BCUT2D eigenvalue weighted by molar-refractivity contribution is -0.140. The van der Waals surface area contributed by atoms with Gasteiger partial charge in [0.2, 0.25) is 0 Å². The molecule has 0 aliphatic heterocycles. The molecule has 0 saturated carbocycles. The van der Waals surface area contributed by atoms with Gasteiger partial charge >= 0.3 is 11.9 Å². The molecule has 86 valence electrons. The fraction of sp³-hybridized carbons (Fsp3) is 0.222. The number of imidazole rings is 1. The topological polar surface area (TPSA) is 37.8 Å². The van der Waals surface area contributed by atoms with E-state index in [4.69, 9.17) is 0 Å². The highest BCUT2D eigenvalue weighted by Gasteiger charge is 2.29. The smallest absolute Gasteiger partial charge is 0.306 e. The Morgan fingerprint density at radius 2 is 2.06 bits per heavy atom. The van der Waals surface area contributed by atoms with Crippen LogP contribution < -0.4 is 5.69 Å². The molecule has 2 rings (SSSR count). The second-order valence-electron chi connectivity index (χ2n) is 3.29. The van der Waals surface area contributed by atoms with Crippen molar-refractivity contribution in [1.29, 1.82) is 0 Å². The van der Waals surface area contributed by atoms with Crippen LogP contribution in [0.25, 0.3) is 11.0 Å². The van der Waals surface area contributed by atoms with Gasteiger partial charge < -0.3 is 4.98 Å². The highest BCUT2D eigenvalue weighted by atomic mass is 79.9. The maximum absolute atomic E-state index is 12.2. The molecule has 7 heteroatoms. The lowest BCUT2D eigenvalue weighted by atomic mass is 10.3. The quantitative estimate of drug-likeness (QED) is 0.863. The Hall–Kier alpha value is -1.24. The number of H-pyrrole nitrogens is 1. The minimum Gasteiger partial charge on any atom is -0.306 e. The summed E-state index contributed by atoms with van der Waals surface area (Å²) in [5.41, 5.74) is -0.139. The van der Waals surface area contributed by atoms with E-state index in [9.17, 15) is 18.0 Å². The summed E-state index contributed by atoms with van der Waals surface area (Å²) in [4.78, 5) is 13.7. The van der Waals surface area contributed by atoms with Crippen molar-refractivity contribution in [2.75, 3.05) is 0 Å². The molecule has 0 bridgehead atoms. The molecule has 0 fully saturated rings. The van der Waals surface area contributed by atoms with Crippen LogP contribution in [-0.4, -0.2) is 15.7 Å². The Kier molecular flexibility index (Phi) is 2.57. The van der Waals surface area contributed by atoms with Gasteiger partial charge in [0, 0.05) is 4.47 Å². The molecule has 0 aliphatic rings. The standard InChI is InChI=1S/C9H6BrF3N2O/c10-5-1-2-6-7(3-5)15(8(16)14-6)4-9(11,12)13/h1-3H,4H2,(H,14,16). The Labute approximate surface area is 96.0 Å². The van der Waals surface area contributed by atoms with Crippen LogP contribution in [0.15, 0.2) is 27.5 Å². The molecule has 16 heavy (non-hydrogen) atoms. The summed E-state index contributed by atoms with van der Waals surface area (Å²) >= 11 is 3.14. The van der Waals surface area contributed by atoms with Crippen LogP contribution in [0.2, 0.25) is 0 Å². The van der Waals surface area contributed by atoms with Crippen molar-refractivity contribution in [3.8, 4) is 0 Å². The molecule has 0 saturated heterocycles. The zero-order chi connectivity index (χ0) is 11.9. The Morgan fingerprint density at radius 1 is 1.38 bits per heavy atom. The molecule has 2 aromatic rings. The Balaban J connectivity index is 2.63. The Morgan fingerprint density at radius 3 is 2.69 bits per heavy atom. The highest BCUT2D eigenvalue weighted by Crippen LogP contribution is 2.21. The highest BCUT2D eigenvalue weighted by molar-refractivity contribution is 9.10. The third-order valence-electron chi connectivity index (χ3n) is 2.07. The van der Waals surface area contributed by atoms with E-state index in [2.05, 4.69) is 20.9 Å². The zero-order valence-corrected chi connectivity index (χ0v) is 9.39. The largest absolute Gasteiger partial charge is 0.406 e. The van der Waals surface area contributed by atoms with Crippen LogP contribution in [0.3, 0.4) is 0 Å². The zero-order valence-electron chi connectivity index (χ0n) is 7.81. The normalized spacial score (nSPS) is 12.2. The number of rotatable bonds is 1. The van der Waals surface area contributed by atoms with Crippen LogP contribution in [0.1, 0.15) is 0 Å². The fourth-order valence-electron chi connectivity index (χ4n) is 1.46. The molecule has 1 heterocycles. The molecular weight excluding hydrogens is 289 g/mol. The molecule has 1 aromatic carbocycles. The maximum atomic E-state index is 12.2. The number of nitrogens with one attached hydrogen (secondary N) is 1. The average molecular weight is 295 g/mol. The van der Waals surface area contributed by atoms with E-state index in [-0.39, 0.29) is 5.52 Å². The first-order valence-corrected chi connectivity index (χ1v) is 5.11. The molecule has 3 nitrogen and oxygen atoms in total. The number of alkyl halides is 3. The van der Waals surface area contributed by atoms with Crippen LogP contribution in [0.4, 0.5) is 13.2 Å². The van der Waals surface area contributed by atoms with Crippen molar-refractivity contribution >= 4 is 27.0 Å². The van der Waals surface area contributed by atoms with Crippen LogP contribution >= 0.6 is 15.9 Å². The SMILES string of the molecule is O=c1[nH]c2ccc(Br)cc2n1CC(F)(F)F. The predicted octanol–water partition coefficient (Wildman–Crippen LogP) is 2.65. The van der Waals surface area contributed by atoms with Crippen LogP contribution in [0.5, 0.6) is 0 Å². The summed E-state index contributed by atoms with van der Waals surface area (Å²) in [6.07, 6.45) is -4.42. The summed E-state index contributed by atoms with van der Waals surface area (Å²) < 4.78 is 38.0. The molecule has 0 unspecified atom stereocenters. The van der Waals surface area contributed by atoms with Gasteiger partial charge in [-0.05, 0) is 18.2 Å². The third-order valence-corrected chi connectivity index (χ3v) is 2.57. The minimum absolute atomic E-state index is 0.233. The van der Waals surface area contributed by atoms with Crippen LogP contribution in [0, 0.1) is 0 Å². The Bertz CT molecular complexity index is 584. The summed E-state index contributed by atoms with van der Waals surface area (Å²) in [5.74, 6) is 0. The van der Waals surface area contributed by atoms with E-state index in [0.717, 1.165) is 0 Å². The van der Waals surface area contributed by atoms with E-state index in [1.807, 2.05) is 0 Å². The summed E-state index contributed by atoms with van der Waals surface area (Å²) in [7, 11) is 0. The number of hydrogen-bond donors (Lipinski definition) is 1. The molecule has 0 atom stereocenters. The van der Waals surface area contributed by atoms with E-state index in [1.54, 1.807) is 12.1 Å². The van der Waals surface area contributed by atoms with E-state index < -0.39 is 18.4 Å². The summed E-state index contributed by atoms with van der Waals surface area (Å²) in [6, 6.07) is 4.67. The molecule has 0 amide bonds. The maximum Gasteiger partial charge on any atom is 0.406 e. The number of halogens is 4. The summed E-state index contributed by atoms with van der Waals surface area (Å²) in [6.45, 7) is -1.29. The van der Waals surface area contributed by atoms with Crippen molar-refractivity contribution in [3.63, 3.8) is 0 Å². The van der Waals surface area contributed by atoms with Gasteiger partial charge in [0.1, 0.15) is 6.54 Å². The van der Waals surface area contributed by atoms with Crippen molar-refractivity contribution in [1.82, 2.24) is 9.55 Å². The first kappa shape index (κ1) is 11.3. The number of hydrogen-bond acceptors (Lipinski definition) is 1. The van der Waals surface area contributed by atoms with E-state index in [0.29, 0.717) is 14.6 Å². The van der Waals surface area contributed by atoms with Gasteiger partial charge in [-0.15, -0.1) is 0 Å². The van der Waals surface area contributed by atoms with Gasteiger partial charge in [-0.3, -0.25) is 4.57 Å². The monoisotopic (exact) mass is 294 g/mol. The lowest BCUT2D eigenvalue weighted by Crippen LogP contribution is -2.26. The first-order chi connectivity index (χ1) is 7.37. The van der Waals surface area contributed by atoms with Gasteiger partial charge in [-0.25, -0.2) is 4.79 Å². The van der Waals surface area contributed by atoms with Crippen molar-refractivity contribution in [2.24, 2.45) is 0 Å². The average Bonchev–Trinajstić information content (AvgIpc) is 2.42. The fourth-order valence-corrected chi connectivity index (χ4v) is 1.81. The van der Waals surface area contributed by atoms with Crippen molar-refractivity contribution in [3.05, 3.63) is 33.2 Å². The number of aromatic amines is 1. The van der Waals surface area contributed by atoms with Gasteiger partial charge in [0.05, 0.1) is 11.0 Å².